The predicted octanol–water partition coefficient (Wildman–Crippen LogP) is 4.24. The fraction of sp³-hybridized carbons (Fsp3) is 0.304. The molecular formula is C23H22F6N4O5. The van der Waals surface area contributed by atoms with Crippen molar-refractivity contribution in [2.24, 2.45) is 0 Å². The predicted molar refractivity (Wildman–Crippen MR) is 120 cm³/mol. The van der Waals surface area contributed by atoms with E-state index in [0.29, 0.717) is 0 Å². The highest BCUT2D eigenvalue weighted by Crippen LogP contribution is 2.26. The van der Waals surface area contributed by atoms with Crippen LogP contribution in [0.25, 0.3) is 11.3 Å². The number of alkyl halides is 6. The van der Waals surface area contributed by atoms with Gasteiger partial charge in [0.05, 0.1) is 25.5 Å². The molecule has 38 heavy (non-hydrogen) atoms. The van der Waals surface area contributed by atoms with Crippen molar-refractivity contribution in [3.63, 3.8) is 0 Å². The molecule has 2 N–H and O–H groups in total. The molecule has 0 saturated carbocycles. The minimum absolute atomic E-state index is 0.873. The Hall–Kier alpha value is -4.14. The Labute approximate surface area is 211 Å². The van der Waals surface area contributed by atoms with Crippen molar-refractivity contribution in [2.75, 3.05) is 13.7 Å². The molecule has 9 nitrogen and oxygen atoms in total. The van der Waals surface area contributed by atoms with Crippen LogP contribution in [-0.4, -0.2) is 67.6 Å². The zero-order valence-electron chi connectivity index (χ0n) is 19.7. The first kappa shape index (κ1) is 30.1. The lowest BCUT2D eigenvalue weighted by Gasteiger charge is -2.28. The van der Waals surface area contributed by atoms with Crippen LogP contribution in [-0.2, 0) is 29.2 Å². The molecule has 3 heterocycles. The first-order valence-corrected chi connectivity index (χ1v) is 10.6. The van der Waals surface area contributed by atoms with Gasteiger partial charge in [0.25, 0.3) is 0 Å². The number of carbonyl (C=O) groups is 2. The largest absolute Gasteiger partial charge is 0.497 e. The molecule has 1 aromatic carbocycles. The molecule has 0 bridgehead atoms. The summed E-state index contributed by atoms with van der Waals surface area (Å²) >= 11 is 0. The van der Waals surface area contributed by atoms with Gasteiger partial charge in [-0.15, -0.1) is 0 Å². The summed E-state index contributed by atoms with van der Waals surface area (Å²) in [6.07, 6.45) is -4.49. The van der Waals surface area contributed by atoms with E-state index in [0.717, 1.165) is 37.8 Å². The van der Waals surface area contributed by atoms with Gasteiger partial charge in [0, 0.05) is 37.6 Å². The third-order valence-electron chi connectivity index (χ3n) is 4.97. The first-order valence-electron chi connectivity index (χ1n) is 10.6. The van der Waals surface area contributed by atoms with Crippen LogP contribution in [0, 0.1) is 0 Å². The quantitative estimate of drug-likeness (QED) is 0.465. The molecule has 206 valence electrons. The minimum Gasteiger partial charge on any atom is -0.497 e. The second kappa shape index (κ2) is 12.9. The van der Waals surface area contributed by atoms with Gasteiger partial charge in [-0.3, -0.25) is 9.88 Å². The van der Waals surface area contributed by atoms with Gasteiger partial charge in [-0.25, -0.2) is 14.6 Å². The molecule has 15 heteroatoms. The van der Waals surface area contributed by atoms with Gasteiger partial charge in [-0.1, -0.05) is 0 Å². The molecule has 1 aliphatic heterocycles. The molecule has 0 spiro atoms. The van der Waals surface area contributed by atoms with E-state index in [1.807, 2.05) is 30.7 Å². The number of aromatic nitrogens is 3. The van der Waals surface area contributed by atoms with Crippen molar-refractivity contribution >= 4 is 11.9 Å². The number of methoxy groups -OCH3 is 1. The summed E-state index contributed by atoms with van der Waals surface area (Å²) in [5.41, 5.74) is 3.65. The van der Waals surface area contributed by atoms with Crippen molar-refractivity contribution in [1.82, 2.24) is 19.4 Å². The number of benzene rings is 1. The van der Waals surface area contributed by atoms with Crippen molar-refractivity contribution in [3.8, 4) is 17.0 Å². The number of halogens is 6. The Morgan fingerprint density at radius 2 is 1.45 bits per heavy atom. The average Bonchev–Trinajstić information content (AvgIpc) is 3.27. The van der Waals surface area contributed by atoms with E-state index >= 15 is 0 Å². The van der Waals surface area contributed by atoms with Crippen molar-refractivity contribution in [1.29, 1.82) is 0 Å². The molecule has 0 amide bonds. The lowest BCUT2D eigenvalue weighted by Crippen LogP contribution is -2.33. The van der Waals surface area contributed by atoms with E-state index in [-0.39, 0.29) is 0 Å². The number of carboxylic acid groups (broad SMARTS) is 2. The van der Waals surface area contributed by atoms with E-state index in [2.05, 4.69) is 43.7 Å². The lowest BCUT2D eigenvalue weighted by atomic mass is 10.1. The van der Waals surface area contributed by atoms with Crippen LogP contribution in [0.5, 0.6) is 5.75 Å². The Morgan fingerprint density at radius 1 is 0.921 bits per heavy atom. The number of imidazole rings is 1. The zero-order valence-corrected chi connectivity index (χ0v) is 19.7. The van der Waals surface area contributed by atoms with Crippen molar-refractivity contribution in [2.45, 2.75) is 32.0 Å². The monoisotopic (exact) mass is 548 g/mol. The first-order chi connectivity index (χ1) is 17.7. The second-order valence-corrected chi connectivity index (χ2v) is 7.61. The Bertz CT molecular complexity index is 1170. The van der Waals surface area contributed by atoms with Gasteiger partial charge in [0.15, 0.2) is 0 Å². The number of pyridine rings is 1. The highest BCUT2D eigenvalue weighted by atomic mass is 19.4. The average molecular weight is 548 g/mol. The van der Waals surface area contributed by atoms with Gasteiger partial charge in [0.1, 0.15) is 11.6 Å². The maximum absolute atomic E-state index is 10.6. The van der Waals surface area contributed by atoms with Gasteiger partial charge in [-0.2, -0.15) is 26.3 Å². The summed E-state index contributed by atoms with van der Waals surface area (Å²) in [6.45, 7) is 3.79. The smallest absolute Gasteiger partial charge is 0.490 e. The fourth-order valence-corrected chi connectivity index (χ4v) is 3.18. The molecule has 0 radical (unpaired) electrons. The summed E-state index contributed by atoms with van der Waals surface area (Å²) in [6, 6.07) is 12.3. The Kier molecular flexibility index (Phi) is 10.2. The maximum Gasteiger partial charge on any atom is 0.490 e. The van der Waals surface area contributed by atoms with Crippen LogP contribution in [0.3, 0.4) is 0 Å². The number of aliphatic carboxylic acids is 2. The topological polar surface area (TPSA) is 118 Å². The number of hydrogen-bond donors (Lipinski definition) is 2. The van der Waals surface area contributed by atoms with Crippen LogP contribution in [0.2, 0.25) is 0 Å². The summed E-state index contributed by atoms with van der Waals surface area (Å²) in [5, 5.41) is 14.2. The Balaban J connectivity index is 0.000000301. The molecule has 1 aliphatic rings. The summed E-state index contributed by atoms with van der Waals surface area (Å²) < 4.78 is 71.0. The van der Waals surface area contributed by atoms with E-state index in [9.17, 15) is 26.3 Å². The SMILES string of the molecule is COc1ccc(-c2cnc3n2CCN(Cc2ccncc2)C3)cc1.O=C(O)C(F)(F)F.O=C(O)C(F)(F)F. The number of nitrogens with zero attached hydrogens (tertiary/aromatic N) is 4. The second-order valence-electron chi connectivity index (χ2n) is 7.61. The van der Waals surface area contributed by atoms with E-state index in [4.69, 9.17) is 24.5 Å². The summed E-state index contributed by atoms with van der Waals surface area (Å²) in [5.74, 6) is -3.51. The highest BCUT2D eigenvalue weighted by molar-refractivity contribution is 5.73. The third-order valence-corrected chi connectivity index (χ3v) is 4.97. The molecule has 0 saturated heterocycles. The van der Waals surface area contributed by atoms with Gasteiger partial charge in [-0.05, 0) is 42.0 Å². The van der Waals surface area contributed by atoms with Crippen LogP contribution < -0.4 is 4.74 Å². The molecule has 0 aliphatic carbocycles. The third kappa shape index (κ3) is 9.06. The number of rotatable bonds is 4. The normalized spacial score (nSPS) is 13.2. The zero-order chi connectivity index (χ0) is 28.5. The Morgan fingerprint density at radius 3 is 1.92 bits per heavy atom. The van der Waals surface area contributed by atoms with E-state index < -0.39 is 24.3 Å². The standard InChI is InChI=1S/C19H20N4O.2C2HF3O2/c1-24-17-4-2-16(3-5-17)18-12-21-19-14-22(10-11-23(18)19)13-15-6-8-20-9-7-15;2*3-2(4,5)1(6)7/h2-9,12H,10-11,13-14H2,1H3;2*(H,6,7). The minimum atomic E-state index is -5.08. The number of fused-ring (bicyclic) bond motifs is 1. The van der Waals surface area contributed by atoms with E-state index in [1.165, 1.54) is 16.8 Å². The molecule has 4 rings (SSSR count). The van der Waals surface area contributed by atoms with Gasteiger partial charge >= 0.3 is 24.3 Å². The van der Waals surface area contributed by atoms with Gasteiger partial charge in [0.2, 0.25) is 0 Å². The fourth-order valence-electron chi connectivity index (χ4n) is 3.18. The van der Waals surface area contributed by atoms with E-state index in [1.54, 1.807) is 7.11 Å². The van der Waals surface area contributed by atoms with Crippen molar-refractivity contribution in [3.05, 3.63) is 66.4 Å². The summed E-state index contributed by atoms with van der Waals surface area (Å²) in [7, 11) is 1.69. The number of hydrogen-bond acceptors (Lipinski definition) is 6. The number of ether oxygens (including phenoxy) is 1. The van der Waals surface area contributed by atoms with Crippen LogP contribution in [0.15, 0.2) is 55.0 Å². The summed E-state index contributed by atoms with van der Waals surface area (Å²) in [4.78, 5) is 28.9. The van der Waals surface area contributed by atoms with Crippen LogP contribution >= 0.6 is 0 Å². The van der Waals surface area contributed by atoms with Crippen LogP contribution in [0.4, 0.5) is 26.3 Å². The maximum atomic E-state index is 10.6. The highest BCUT2D eigenvalue weighted by Gasteiger charge is 2.38. The van der Waals surface area contributed by atoms with Crippen molar-refractivity contribution < 1.29 is 50.9 Å². The molecule has 0 unspecified atom stereocenters. The molecular weight excluding hydrogens is 526 g/mol. The molecule has 2 aromatic heterocycles. The molecule has 3 aromatic rings. The number of carboxylic acids is 2. The van der Waals surface area contributed by atoms with Crippen LogP contribution in [0.1, 0.15) is 11.4 Å². The van der Waals surface area contributed by atoms with Gasteiger partial charge < -0.3 is 19.5 Å². The lowest BCUT2D eigenvalue weighted by molar-refractivity contribution is -0.193. The molecule has 0 fully saturated rings. The molecule has 0 atom stereocenters.